The van der Waals surface area contributed by atoms with Crippen molar-refractivity contribution in [2.75, 3.05) is 20.2 Å². The zero-order valence-corrected chi connectivity index (χ0v) is 15.9. The van der Waals surface area contributed by atoms with E-state index in [-0.39, 0.29) is 43.2 Å². The van der Waals surface area contributed by atoms with Crippen molar-refractivity contribution in [1.82, 2.24) is 26.3 Å². The first kappa shape index (κ1) is 18.8. The molecule has 4 rings (SSSR count). The maximum Gasteiger partial charge on any atom is 0.239 e. The summed E-state index contributed by atoms with van der Waals surface area (Å²) in [4.78, 5) is 20.1. The van der Waals surface area contributed by atoms with Gasteiger partial charge in [-0.3, -0.25) is 25.2 Å². The fraction of sp³-hybridized carbons (Fsp3) is 0.632. The van der Waals surface area contributed by atoms with Crippen molar-refractivity contribution in [2.45, 2.75) is 56.8 Å². The first-order valence-electron chi connectivity index (χ1n) is 9.77. The van der Waals surface area contributed by atoms with Crippen LogP contribution in [0.5, 0.6) is 0 Å². The third-order valence-corrected chi connectivity index (χ3v) is 5.95. The summed E-state index contributed by atoms with van der Waals surface area (Å²) < 4.78 is 0. The fourth-order valence-electron chi connectivity index (χ4n) is 4.23. The molecule has 1 amide bonds. The smallest absolute Gasteiger partial charge is 0.239 e. The zero-order chi connectivity index (χ0) is 19.0. The Morgan fingerprint density at radius 3 is 3.00 bits per heavy atom. The van der Waals surface area contributed by atoms with E-state index in [4.69, 9.17) is 4.84 Å². The molecule has 0 bridgehead atoms. The summed E-state index contributed by atoms with van der Waals surface area (Å²) in [5.41, 5.74) is 6.69. The van der Waals surface area contributed by atoms with E-state index in [9.17, 15) is 9.90 Å². The molecule has 5 atom stereocenters. The number of aryl methyl sites for hydroxylation is 1. The minimum atomic E-state index is -0.250. The van der Waals surface area contributed by atoms with Gasteiger partial charge in [-0.2, -0.15) is 5.48 Å². The van der Waals surface area contributed by atoms with Gasteiger partial charge in [-0.15, -0.1) is 0 Å². The molecule has 4 unspecified atom stereocenters. The van der Waals surface area contributed by atoms with E-state index in [2.05, 4.69) is 46.6 Å². The van der Waals surface area contributed by atoms with Crippen molar-refractivity contribution in [3.63, 3.8) is 0 Å². The van der Waals surface area contributed by atoms with E-state index in [1.54, 1.807) is 0 Å². The van der Waals surface area contributed by atoms with Crippen LogP contribution in [-0.4, -0.2) is 54.5 Å². The number of hydrogen-bond acceptors (Lipinski definition) is 7. The second-order valence-corrected chi connectivity index (χ2v) is 7.58. The van der Waals surface area contributed by atoms with E-state index < -0.39 is 0 Å². The predicted octanol–water partition coefficient (Wildman–Crippen LogP) is -0.129. The van der Waals surface area contributed by atoms with Gasteiger partial charge in [0.1, 0.15) is 18.4 Å². The summed E-state index contributed by atoms with van der Waals surface area (Å²) in [7, 11) is 1.87. The lowest BCUT2D eigenvalue weighted by Gasteiger charge is -2.24. The van der Waals surface area contributed by atoms with E-state index in [1.807, 2.05) is 11.9 Å². The number of nitrogens with one attached hydrogen (secondary N) is 4. The van der Waals surface area contributed by atoms with Gasteiger partial charge in [-0.1, -0.05) is 25.1 Å². The number of likely N-dealkylation sites (N-methyl/N-ethyl adjacent to an activating group) is 1. The van der Waals surface area contributed by atoms with Crippen LogP contribution in [0.3, 0.4) is 0 Å². The molecule has 148 valence electrons. The molecule has 1 aliphatic carbocycles. The number of nitrogens with zero attached hydrogens (tertiary/aromatic N) is 1. The summed E-state index contributed by atoms with van der Waals surface area (Å²) in [6, 6.07) is 6.23. The van der Waals surface area contributed by atoms with Crippen molar-refractivity contribution in [3.8, 4) is 0 Å². The summed E-state index contributed by atoms with van der Waals surface area (Å²) in [6.45, 7) is 2.64. The topological polar surface area (TPSA) is 97.9 Å². The highest BCUT2D eigenvalue weighted by Crippen LogP contribution is 2.33. The Hall–Kier alpha value is -1.55. The average Bonchev–Trinajstić information content (AvgIpc) is 3.39. The number of carbonyl (C=O) groups is 1. The lowest BCUT2D eigenvalue weighted by Crippen LogP contribution is -2.46. The van der Waals surface area contributed by atoms with Crippen LogP contribution in [0.25, 0.3) is 0 Å². The highest BCUT2D eigenvalue weighted by molar-refractivity contribution is 5.83. The quantitative estimate of drug-likeness (QED) is 0.489. The molecule has 0 spiro atoms. The minimum Gasteiger partial charge on any atom is -0.393 e. The second kappa shape index (κ2) is 7.83. The Balaban J connectivity index is 1.41. The average molecular weight is 375 g/mol. The van der Waals surface area contributed by atoms with Crippen LogP contribution < -0.4 is 21.4 Å². The molecule has 2 saturated heterocycles. The number of rotatable bonds is 5. The molecule has 27 heavy (non-hydrogen) atoms. The zero-order valence-electron chi connectivity index (χ0n) is 15.9. The van der Waals surface area contributed by atoms with E-state index in [0.717, 1.165) is 24.8 Å². The van der Waals surface area contributed by atoms with Crippen LogP contribution in [0, 0.1) is 0 Å². The Bertz CT molecular complexity index is 700. The van der Waals surface area contributed by atoms with Gasteiger partial charge in [0, 0.05) is 6.54 Å². The van der Waals surface area contributed by atoms with E-state index >= 15 is 0 Å². The first-order chi connectivity index (χ1) is 13.1. The van der Waals surface area contributed by atoms with Crippen LogP contribution >= 0.6 is 0 Å². The van der Waals surface area contributed by atoms with Crippen molar-refractivity contribution in [2.24, 2.45) is 0 Å². The molecule has 0 saturated carbocycles. The highest BCUT2D eigenvalue weighted by Gasteiger charge is 2.36. The summed E-state index contributed by atoms with van der Waals surface area (Å²) in [6.07, 6.45) is 2.66. The molecule has 2 heterocycles. The lowest BCUT2D eigenvalue weighted by atomic mass is 10.0. The van der Waals surface area contributed by atoms with Gasteiger partial charge < -0.3 is 10.4 Å². The van der Waals surface area contributed by atoms with Crippen molar-refractivity contribution in [3.05, 3.63) is 34.9 Å². The number of benzene rings is 1. The predicted molar refractivity (Wildman–Crippen MR) is 100 cm³/mol. The van der Waals surface area contributed by atoms with Gasteiger partial charge in [0.2, 0.25) is 5.91 Å². The molecule has 8 nitrogen and oxygen atoms in total. The maximum atomic E-state index is 12.7. The number of fused-ring (bicyclic) bond motifs is 1. The van der Waals surface area contributed by atoms with Gasteiger partial charge in [-0.05, 0) is 43.0 Å². The number of aliphatic hydroxyl groups excluding tert-OH is 1. The SMILES string of the molecule is CCC1NC(c2ccc3c(c2)CC[C@H]3NC(=O)C2CNC(CO)N2C)NO1. The Labute approximate surface area is 159 Å². The standard InChI is InChI=1S/C19H29N5O3/c1-3-17-22-18(23-27-17)12-4-6-13-11(8-12)5-7-14(13)21-19(26)15-9-20-16(10-25)24(15)2/h4,6,8,14-18,20,22-23,25H,3,5,7,9-10H2,1-2H3,(H,21,26)/t14-,15?,16?,17?,18?/m1/s1. The maximum absolute atomic E-state index is 12.7. The number of carbonyl (C=O) groups excluding carboxylic acids is 1. The molecule has 0 radical (unpaired) electrons. The Morgan fingerprint density at radius 2 is 2.30 bits per heavy atom. The normalized spacial score (nSPS) is 33.4. The molecule has 3 aliphatic rings. The highest BCUT2D eigenvalue weighted by atomic mass is 16.7. The minimum absolute atomic E-state index is 0.00115. The van der Waals surface area contributed by atoms with Crippen molar-refractivity contribution >= 4 is 5.91 Å². The van der Waals surface area contributed by atoms with Crippen molar-refractivity contribution < 1.29 is 14.7 Å². The van der Waals surface area contributed by atoms with Gasteiger partial charge in [0.25, 0.3) is 0 Å². The monoisotopic (exact) mass is 375 g/mol. The van der Waals surface area contributed by atoms with Crippen LogP contribution in [0.2, 0.25) is 0 Å². The lowest BCUT2D eigenvalue weighted by molar-refractivity contribution is -0.126. The number of amides is 1. The van der Waals surface area contributed by atoms with Crippen LogP contribution in [0.1, 0.15) is 48.7 Å². The molecular formula is C19H29N5O3. The molecular weight excluding hydrogens is 346 g/mol. The van der Waals surface area contributed by atoms with Gasteiger partial charge in [0.15, 0.2) is 0 Å². The number of hydroxylamine groups is 1. The molecule has 8 heteroatoms. The summed E-state index contributed by atoms with van der Waals surface area (Å²) >= 11 is 0. The number of aliphatic hydroxyl groups is 1. The van der Waals surface area contributed by atoms with Crippen molar-refractivity contribution in [1.29, 1.82) is 0 Å². The van der Waals surface area contributed by atoms with Crippen LogP contribution in [-0.2, 0) is 16.1 Å². The Kier molecular flexibility index (Phi) is 5.45. The molecule has 1 aromatic carbocycles. The number of hydrogen-bond donors (Lipinski definition) is 5. The third-order valence-electron chi connectivity index (χ3n) is 5.95. The van der Waals surface area contributed by atoms with Gasteiger partial charge in [0.05, 0.1) is 18.8 Å². The van der Waals surface area contributed by atoms with Gasteiger partial charge >= 0.3 is 0 Å². The van der Waals surface area contributed by atoms with Crippen LogP contribution in [0.15, 0.2) is 18.2 Å². The summed E-state index contributed by atoms with van der Waals surface area (Å²) in [5.74, 6) is 0.0150. The van der Waals surface area contributed by atoms with E-state index in [0.29, 0.717) is 6.54 Å². The molecule has 0 aromatic heterocycles. The summed E-state index contributed by atoms with van der Waals surface area (Å²) in [5, 5.41) is 19.1. The Morgan fingerprint density at radius 1 is 1.44 bits per heavy atom. The second-order valence-electron chi connectivity index (χ2n) is 7.58. The largest absolute Gasteiger partial charge is 0.393 e. The first-order valence-corrected chi connectivity index (χ1v) is 9.77. The molecule has 2 aliphatic heterocycles. The van der Waals surface area contributed by atoms with Gasteiger partial charge in [-0.25, -0.2) is 0 Å². The van der Waals surface area contributed by atoms with E-state index in [1.165, 1.54) is 11.1 Å². The van der Waals surface area contributed by atoms with Crippen LogP contribution in [0.4, 0.5) is 0 Å². The molecule has 5 N–H and O–H groups in total. The molecule has 2 fully saturated rings. The fourth-order valence-corrected chi connectivity index (χ4v) is 4.23. The molecule has 1 aromatic rings. The third kappa shape index (κ3) is 3.61.